The third kappa shape index (κ3) is 1.41. The highest BCUT2D eigenvalue weighted by Crippen LogP contribution is 2.11. The van der Waals surface area contributed by atoms with Crippen molar-refractivity contribution >= 4 is 12.2 Å². The van der Waals surface area contributed by atoms with Gasteiger partial charge in [0.15, 0.2) is 6.29 Å². The molecule has 1 amide bonds. The molecule has 1 aliphatic rings. The lowest BCUT2D eigenvalue weighted by Gasteiger charge is -2.26. The monoisotopic (exact) mass is 193 g/mol. The summed E-state index contributed by atoms with van der Waals surface area (Å²) in [7, 11) is 0. The van der Waals surface area contributed by atoms with Crippen LogP contribution in [-0.2, 0) is 17.9 Å². The Bertz CT molecular complexity index is 383. The fraction of sp³-hybridized carbons (Fsp3) is 0.444. The second kappa shape index (κ2) is 3.25. The normalized spacial score (nSPS) is 15.1. The van der Waals surface area contributed by atoms with Crippen LogP contribution >= 0.6 is 0 Å². The first-order chi connectivity index (χ1) is 6.70. The van der Waals surface area contributed by atoms with Crippen LogP contribution in [0.15, 0.2) is 6.20 Å². The highest BCUT2D eigenvalue weighted by atomic mass is 16.2. The minimum Gasteiger partial charge on any atom is -0.334 e. The first-order valence-corrected chi connectivity index (χ1v) is 4.47. The number of fused-ring (bicyclic) bond motifs is 1. The number of aldehydes is 1. The van der Waals surface area contributed by atoms with Crippen molar-refractivity contribution in [1.82, 2.24) is 14.5 Å². The Kier molecular flexibility index (Phi) is 2.07. The van der Waals surface area contributed by atoms with Gasteiger partial charge < -0.3 is 9.47 Å². The first-order valence-electron chi connectivity index (χ1n) is 4.47. The van der Waals surface area contributed by atoms with Crippen LogP contribution in [0.4, 0.5) is 0 Å². The van der Waals surface area contributed by atoms with E-state index in [4.69, 9.17) is 0 Å². The van der Waals surface area contributed by atoms with Crippen LogP contribution < -0.4 is 0 Å². The van der Waals surface area contributed by atoms with Crippen molar-refractivity contribution < 1.29 is 9.59 Å². The number of carbonyl (C=O) groups is 2. The smallest absolute Gasteiger partial charge is 0.219 e. The van der Waals surface area contributed by atoms with E-state index in [1.165, 1.54) is 0 Å². The molecule has 5 nitrogen and oxygen atoms in total. The molecule has 0 atom stereocenters. The van der Waals surface area contributed by atoms with Gasteiger partial charge in [-0.1, -0.05) is 0 Å². The fourth-order valence-corrected chi connectivity index (χ4v) is 1.60. The quantitative estimate of drug-likeness (QED) is 0.592. The van der Waals surface area contributed by atoms with Crippen molar-refractivity contribution in [1.29, 1.82) is 0 Å². The van der Waals surface area contributed by atoms with E-state index in [1.54, 1.807) is 18.0 Å². The van der Waals surface area contributed by atoms with Gasteiger partial charge in [-0.3, -0.25) is 9.59 Å². The zero-order chi connectivity index (χ0) is 10.1. The SMILES string of the molecule is CC(=O)N1CCn2cc(C=O)nc2C1. The summed E-state index contributed by atoms with van der Waals surface area (Å²) < 4.78 is 1.92. The van der Waals surface area contributed by atoms with Gasteiger partial charge in [0.05, 0.1) is 6.54 Å². The molecule has 0 saturated heterocycles. The number of aromatic nitrogens is 2. The van der Waals surface area contributed by atoms with Gasteiger partial charge in [-0.15, -0.1) is 0 Å². The first kappa shape index (κ1) is 8.93. The number of nitrogens with zero attached hydrogens (tertiary/aromatic N) is 3. The predicted octanol–water partition coefficient (Wildman–Crippen LogP) is 0.0577. The molecule has 0 bridgehead atoms. The molecule has 5 heteroatoms. The van der Waals surface area contributed by atoms with Gasteiger partial charge in [-0.25, -0.2) is 4.98 Å². The summed E-state index contributed by atoms with van der Waals surface area (Å²) in [6.07, 6.45) is 2.45. The van der Waals surface area contributed by atoms with E-state index in [-0.39, 0.29) is 5.91 Å². The van der Waals surface area contributed by atoms with Crippen LogP contribution in [0, 0.1) is 0 Å². The van der Waals surface area contributed by atoms with E-state index in [1.807, 2.05) is 4.57 Å². The fourth-order valence-electron chi connectivity index (χ4n) is 1.60. The van der Waals surface area contributed by atoms with Crippen molar-refractivity contribution in [3.05, 3.63) is 17.7 Å². The summed E-state index contributed by atoms with van der Waals surface area (Å²) in [5.74, 6) is 0.834. The zero-order valence-corrected chi connectivity index (χ0v) is 7.93. The molecule has 0 N–H and O–H groups in total. The molecule has 0 aromatic carbocycles. The lowest BCUT2D eigenvalue weighted by atomic mass is 10.3. The van der Waals surface area contributed by atoms with E-state index < -0.39 is 0 Å². The molecule has 0 spiro atoms. The van der Waals surface area contributed by atoms with Gasteiger partial charge in [0.1, 0.15) is 11.5 Å². The molecule has 0 saturated carbocycles. The van der Waals surface area contributed by atoms with Crippen LogP contribution in [0.2, 0.25) is 0 Å². The van der Waals surface area contributed by atoms with E-state index in [0.717, 1.165) is 18.7 Å². The van der Waals surface area contributed by atoms with Crippen molar-refractivity contribution in [3.63, 3.8) is 0 Å². The number of carbonyl (C=O) groups excluding carboxylic acids is 2. The van der Waals surface area contributed by atoms with Crippen molar-refractivity contribution in [2.75, 3.05) is 6.54 Å². The minimum absolute atomic E-state index is 0.0481. The summed E-state index contributed by atoms with van der Waals surface area (Å²) in [5, 5.41) is 0. The molecule has 1 aromatic heterocycles. The van der Waals surface area contributed by atoms with Crippen molar-refractivity contribution in [2.45, 2.75) is 20.0 Å². The molecule has 0 fully saturated rings. The Balaban J connectivity index is 2.25. The standard InChI is InChI=1S/C9H11N3O2/c1-7(14)11-2-3-12-4-8(6-13)10-9(12)5-11/h4,6H,2-3,5H2,1H3. The van der Waals surface area contributed by atoms with Gasteiger partial charge in [0, 0.05) is 26.2 Å². The average Bonchev–Trinajstić information content (AvgIpc) is 2.58. The summed E-state index contributed by atoms with van der Waals surface area (Å²) in [5.41, 5.74) is 0.436. The lowest BCUT2D eigenvalue weighted by molar-refractivity contribution is -0.130. The molecule has 1 aliphatic heterocycles. The van der Waals surface area contributed by atoms with E-state index in [0.29, 0.717) is 18.8 Å². The van der Waals surface area contributed by atoms with Crippen molar-refractivity contribution in [2.24, 2.45) is 0 Å². The maximum absolute atomic E-state index is 11.1. The number of amides is 1. The van der Waals surface area contributed by atoms with Gasteiger partial charge in [-0.05, 0) is 0 Å². The maximum atomic E-state index is 11.1. The predicted molar refractivity (Wildman–Crippen MR) is 48.7 cm³/mol. The topological polar surface area (TPSA) is 55.2 Å². The Morgan fingerprint density at radius 1 is 1.57 bits per heavy atom. The summed E-state index contributed by atoms with van der Waals surface area (Å²) in [4.78, 5) is 27.4. The van der Waals surface area contributed by atoms with E-state index >= 15 is 0 Å². The van der Waals surface area contributed by atoms with Crippen LogP contribution in [0.3, 0.4) is 0 Å². The van der Waals surface area contributed by atoms with Crippen LogP contribution in [-0.4, -0.2) is 33.2 Å². The molecule has 1 aromatic rings. The van der Waals surface area contributed by atoms with Gasteiger partial charge in [-0.2, -0.15) is 0 Å². The molecule has 0 aliphatic carbocycles. The minimum atomic E-state index is 0.0481. The summed E-state index contributed by atoms with van der Waals surface area (Å²) in [6.45, 7) is 3.45. The Morgan fingerprint density at radius 2 is 2.36 bits per heavy atom. The van der Waals surface area contributed by atoms with Gasteiger partial charge >= 0.3 is 0 Å². The third-order valence-corrected chi connectivity index (χ3v) is 2.39. The van der Waals surface area contributed by atoms with Crippen molar-refractivity contribution in [3.8, 4) is 0 Å². The summed E-state index contributed by atoms with van der Waals surface area (Å²) in [6, 6.07) is 0. The van der Waals surface area contributed by atoms with Crippen LogP contribution in [0.5, 0.6) is 0 Å². The van der Waals surface area contributed by atoms with Crippen LogP contribution in [0.25, 0.3) is 0 Å². The molecule has 14 heavy (non-hydrogen) atoms. The van der Waals surface area contributed by atoms with Gasteiger partial charge in [0.25, 0.3) is 0 Å². The Hall–Kier alpha value is -1.65. The lowest BCUT2D eigenvalue weighted by Crippen LogP contribution is -2.36. The third-order valence-electron chi connectivity index (χ3n) is 2.39. The number of rotatable bonds is 1. The molecule has 2 heterocycles. The van der Waals surface area contributed by atoms with Gasteiger partial charge in [0.2, 0.25) is 5.91 Å². The molecule has 2 rings (SSSR count). The highest BCUT2D eigenvalue weighted by molar-refractivity contribution is 5.73. The largest absolute Gasteiger partial charge is 0.334 e. The van der Waals surface area contributed by atoms with E-state index in [2.05, 4.69) is 4.98 Å². The Labute approximate surface area is 81.3 Å². The number of hydrogen-bond donors (Lipinski definition) is 0. The molecular formula is C9H11N3O2. The number of hydrogen-bond acceptors (Lipinski definition) is 3. The molecule has 0 unspecified atom stereocenters. The maximum Gasteiger partial charge on any atom is 0.219 e. The second-order valence-electron chi connectivity index (χ2n) is 3.33. The highest BCUT2D eigenvalue weighted by Gasteiger charge is 2.19. The van der Waals surface area contributed by atoms with Crippen LogP contribution in [0.1, 0.15) is 23.2 Å². The molecule has 0 radical (unpaired) electrons. The zero-order valence-electron chi connectivity index (χ0n) is 7.93. The number of imidazole rings is 1. The average molecular weight is 193 g/mol. The summed E-state index contributed by atoms with van der Waals surface area (Å²) >= 11 is 0. The second-order valence-corrected chi connectivity index (χ2v) is 3.33. The molecular weight excluding hydrogens is 182 g/mol. The Morgan fingerprint density at radius 3 is 3.00 bits per heavy atom. The molecule has 74 valence electrons. The van der Waals surface area contributed by atoms with E-state index in [9.17, 15) is 9.59 Å².